The van der Waals surface area contributed by atoms with Crippen LogP contribution >= 0.6 is 11.3 Å². The molecule has 1 fully saturated rings. The van der Waals surface area contributed by atoms with Crippen molar-refractivity contribution < 1.29 is 14.3 Å². The van der Waals surface area contributed by atoms with Crippen LogP contribution in [0.3, 0.4) is 0 Å². The van der Waals surface area contributed by atoms with E-state index in [1.165, 1.54) is 0 Å². The number of amides is 1. The molecule has 0 aliphatic heterocycles. The number of carbonyl (C=O) groups excluding carboxylic acids is 2. The molecule has 0 radical (unpaired) electrons. The standard InChI is InChI=1S/C15H21NO3S/c1-14(2)12(15(14,3)4)13(18)16-11(7-19-9-17)10-5-6-20-8-10/h5-6,8-9,11-12H,7H2,1-4H3,(H,16,18). The summed E-state index contributed by atoms with van der Waals surface area (Å²) in [6, 6.07) is 1.67. The summed E-state index contributed by atoms with van der Waals surface area (Å²) in [4.78, 5) is 22.8. The van der Waals surface area contributed by atoms with Crippen molar-refractivity contribution >= 4 is 23.7 Å². The summed E-state index contributed by atoms with van der Waals surface area (Å²) in [5, 5.41) is 6.92. The number of carbonyl (C=O) groups is 2. The van der Waals surface area contributed by atoms with E-state index in [4.69, 9.17) is 4.74 Å². The van der Waals surface area contributed by atoms with Crippen molar-refractivity contribution in [3.8, 4) is 0 Å². The highest BCUT2D eigenvalue weighted by molar-refractivity contribution is 7.07. The molecular weight excluding hydrogens is 274 g/mol. The fourth-order valence-corrected chi connectivity index (χ4v) is 3.65. The van der Waals surface area contributed by atoms with Crippen molar-refractivity contribution in [3.05, 3.63) is 22.4 Å². The molecule has 1 heterocycles. The van der Waals surface area contributed by atoms with Crippen LogP contribution < -0.4 is 5.32 Å². The minimum Gasteiger partial charge on any atom is -0.465 e. The Hall–Kier alpha value is -1.36. The smallest absolute Gasteiger partial charge is 0.293 e. The maximum Gasteiger partial charge on any atom is 0.293 e. The number of ether oxygens (including phenoxy) is 1. The first-order valence-electron chi connectivity index (χ1n) is 6.70. The Balaban J connectivity index is 2.06. The van der Waals surface area contributed by atoms with Crippen LogP contribution in [-0.2, 0) is 14.3 Å². The molecular formula is C15H21NO3S. The fraction of sp³-hybridized carbons (Fsp3) is 0.600. The Morgan fingerprint density at radius 3 is 2.55 bits per heavy atom. The van der Waals surface area contributed by atoms with Gasteiger partial charge in [0, 0.05) is 5.92 Å². The Kier molecular flexibility index (Phi) is 3.91. The maximum absolute atomic E-state index is 12.5. The lowest BCUT2D eigenvalue weighted by Crippen LogP contribution is -2.33. The average Bonchev–Trinajstić information content (AvgIpc) is 2.78. The van der Waals surface area contributed by atoms with Gasteiger partial charge in [0.25, 0.3) is 6.47 Å². The van der Waals surface area contributed by atoms with Crippen LogP contribution in [0.1, 0.15) is 39.3 Å². The van der Waals surface area contributed by atoms with Crippen LogP contribution in [0.15, 0.2) is 16.8 Å². The van der Waals surface area contributed by atoms with Crippen molar-refractivity contribution in [3.63, 3.8) is 0 Å². The van der Waals surface area contributed by atoms with E-state index in [1.54, 1.807) is 11.3 Å². The molecule has 1 unspecified atom stereocenters. The van der Waals surface area contributed by atoms with Gasteiger partial charge in [0.2, 0.25) is 5.91 Å². The largest absolute Gasteiger partial charge is 0.465 e. The number of thiophene rings is 1. The second kappa shape index (κ2) is 5.20. The molecule has 20 heavy (non-hydrogen) atoms. The highest BCUT2D eigenvalue weighted by Crippen LogP contribution is 2.68. The predicted molar refractivity (Wildman–Crippen MR) is 78.3 cm³/mol. The van der Waals surface area contributed by atoms with Crippen LogP contribution in [0.2, 0.25) is 0 Å². The zero-order valence-electron chi connectivity index (χ0n) is 12.3. The Morgan fingerprint density at radius 1 is 1.45 bits per heavy atom. The van der Waals surface area contributed by atoms with Crippen molar-refractivity contribution in [2.75, 3.05) is 6.61 Å². The average molecular weight is 295 g/mol. The van der Waals surface area contributed by atoms with Crippen molar-refractivity contribution in [1.29, 1.82) is 0 Å². The van der Waals surface area contributed by atoms with Crippen molar-refractivity contribution in [2.45, 2.75) is 33.7 Å². The molecule has 110 valence electrons. The normalized spacial score (nSPS) is 21.0. The SMILES string of the molecule is CC1(C)C(C(=O)NC(COC=O)c2ccsc2)C1(C)C. The fourth-order valence-electron chi connectivity index (χ4n) is 2.94. The highest BCUT2D eigenvalue weighted by atomic mass is 32.1. The van der Waals surface area contributed by atoms with Gasteiger partial charge in [-0.15, -0.1) is 0 Å². The Labute approximate surface area is 123 Å². The molecule has 2 rings (SSSR count). The lowest BCUT2D eigenvalue weighted by atomic mass is 10.0. The lowest BCUT2D eigenvalue weighted by Gasteiger charge is -2.17. The lowest BCUT2D eigenvalue weighted by molar-refractivity contribution is -0.131. The molecule has 1 aliphatic rings. The van der Waals surface area contributed by atoms with E-state index in [2.05, 4.69) is 33.0 Å². The third kappa shape index (κ3) is 2.46. The molecule has 1 saturated carbocycles. The second-order valence-corrected chi connectivity index (χ2v) is 7.20. The third-order valence-corrected chi connectivity index (χ3v) is 5.58. The summed E-state index contributed by atoms with van der Waals surface area (Å²) < 4.78 is 4.83. The third-order valence-electron chi connectivity index (χ3n) is 4.88. The minimum atomic E-state index is -0.272. The minimum absolute atomic E-state index is 0.00178. The van der Waals surface area contributed by atoms with Crippen molar-refractivity contribution in [1.82, 2.24) is 5.32 Å². The van der Waals surface area contributed by atoms with Crippen LogP contribution in [-0.4, -0.2) is 19.0 Å². The number of hydrogen-bond donors (Lipinski definition) is 1. The van der Waals surface area contributed by atoms with Gasteiger partial charge in [0.05, 0.1) is 6.04 Å². The van der Waals surface area contributed by atoms with Crippen LogP contribution in [0.4, 0.5) is 0 Å². The van der Waals surface area contributed by atoms with Crippen LogP contribution in [0, 0.1) is 16.7 Å². The van der Waals surface area contributed by atoms with E-state index in [0.29, 0.717) is 6.47 Å². The second-order valence-electron chi connectivity index (χ2n) is 6.42. The first-order chi connectivity index (χ1) is 9.32. The predicted octanol–water partition coefficient (Wildman–Crippen LogP) is 2.76. The molecule has 1 amide bonds. The summed E-state index contributed by atoms with van der Waals surface area (Å²) >= 11 is 1.56. The molecule has 1 aromatic rings. The summed E-state index contributed by atoms with van der Waals surface area (Å²) in [6.45, 7) is 9.02. The zero-order chi connectivity index (χ0) is 15.0. The summed E-state index contributed by atoms with van der Waals surface area (Å²) in [6.07, 6.45) is 0. The van der Waals surface area contributed by atoms with Gasteiger partial charge in [-0.1, -0.05) is 27.7 Å². The number of nitrogens with one attached hydrogen (secondary N) is 1. The van der Waals surface area contributed by atoms with Gasteiger partial charge >= 0.3 is 0 Å². The molecule has 0 bridgehead atoms. The summed E-state index contributed by atoms with van der Waals surface area (Å²) in [5.41, 5.74) is 0.977. The van der Waals surface area contributed by atoms with Gasteiger partial charge in [-0.25, -0.2) is 0 Å². The molecule has 1 atom stereocenters. The molecule has 5 heteroatoms. The molecule has 1 N–H and O–H groups in total. The van der Waals surface area contributed by atoms with Crippen LogP contribution in [0.5, 0.6) is 0 Å². The van der Waals surface area contributed by atoms with Gasteiger partial charge in [-0.2, -0.15) is 11.3 Å². The van der Waals surface area contributed by atoms with E-state index in [0.717, 1.165) is 5.56 Å². The topological polar surface area (TPSA) is 55.4 Å². The zero-order valence-corrected chi connectivity index (χ0v) is 13.1. The first kappa shape index (κ1) is 15.0. The summed E-state index contributed by atoms with van der Waals surface area (Å²) in [7, 11) is 0. The molecule has 1 aliphatic carbocycles. The van der Waals surface area contributed by atoms with E-state index >= 15 is 0 Å². The van der Waals surface area contributed by atoms with E-state index in [1.807, 2.05) is 16.8 Å². The molecule has 1 aromatic heterocycles. The molecule has 4 nitrogen and oxygen atoms in total. The van der Waals surface area contributed by atoms with E-state index in [-0.39, 0.29) is 35.3 Å². The quantitative estimate of drug-likeness (QED) is 0.821. The van der Waals surface area contributed by atoms with Crippen molar-refractivity contribution in [2.24, 2.45) is 16.7 Å². The molecule has 0 saturated heterocycles. The monoisotopic (exact) mass is 295 g/mol. The number of hydrogen-bond acceptors (Lipinski definition) is 4. The molecule has 0 spiro atoms. The van der Waals surface area contributed by atoms with Gasteiger partial charge in [-0.3, -0.25) is 9.59 Å². The maximum atomic E-state index is 12.5. The van der Waals surface area contributed by atoms with E-state index in [9.17, 15) is 9.59 Å². The van der Waals surface area contributed by atoms with Gasteiger partial charge in [-0.05, 0) is 33.2 Å². The van der Waals surface area contributed by atoms with E-state index < -0.39 is 0 Å². The summed E-state index contributed by atoms with van der Waals surface area (Å²) in [5.74, 6) is 0.0260. The van der Waals surface area contributed by atoms with Gasteiger partial charge in [0.1, 0.15) is 6.61 Å². The van der Waals surface area contributed by atoms with Gasteiger partial charge in [0.15, 0.2) is 0 Å². The Morgan fingerprint density at radius 2 is 2.10 bits per heavy atom. The number of rotatable bonds is 6. The van der Waals surface area contributed by atoms with Gasteiger partial charge < -0.3 is 10.1 Å². The first-order valence-corrected chi connectivity index (χ1v) is 7.64. The Bertz CT molecular complexity index is 479. The van der Waals surface area contributed by atoms with Crippen LogP contribution in [0.25, 0.3) is 0 Å². The molecule has 0 aromatic carbocycles. The highest BCUT2D eigenvalue weighted by Gasteiger charge is 2.68.